The minimum Gasteiger partial charge on any atom is -0.508 e. The van der Waals surface area contributed by atoms with Crippen LogP contribution < -0.4 is 5.32 Å². The number of nitrogens with one attached hydrogen (secondary N) is 1. The maximum Gasteiger partial charge on any atom is 0.416 e. The number of halogens is 6. The van der Waals surface area contributed by atoms with E-state index in [-0.39, 0.29) is 23.9 Å². The molecule has 4 aromatic carbocycles. The molecule has 0 aromatic heterocycles. The van der Waals surface area contributed by atoms with Crippen molar-refractivity contribution in [1.82, 2.24) is 4.90 Å². The number of carbonyl (C=O) groups is 2. The Morgan fingerprint density at radius 3 is 2.02 bits per heavy atom. The lowest BCUT2D eigenvalue weighted by atomic mass is 9.97. The summed E-state index contributed by atoms with van der Waals surface area (Å²) in [7, 11) is 1.19. The van der Waals surface area contributed by atoms with E-state index in [0.29, 0.717) is 17.7 Å². The van der Waals surface area contributed by atoms with Gasteiger partial charge >= 0.3 is 12.4 Å². The van der Waals surface area contributed by atoms with E-state index in [0.717, 1.165) is 21.7 Å². The van der Waals surface area contributed by atoms with Crippen molar-refractivity contribution in [2.24, 2.45) is 0 Å². The molecule has 1 unspecified atom stereocenters. The van der Waals surface area contributed by atoms with E-state index in [1.165, 1.54) is 19.2 Å². The Hall–Kier alpha value is -4.74. The molecule has 1 atom stereocenters. The fraction of sp³-hybridized carbons (Fsp3) is 0.200. The van der Waals surface area contributed by atoms with E-state index in [1.807, 2.05) is 24.3 Å². The molecule has 0 saturated heterocycles. The number of phenols is 2. The first-order chi connectivity index (χ1) is 19.6. The largest absolute Gasteiger partial charge is 0.508 e. The Bertz CT molecular complexity index is 1600. The van der Waals surface area contributed by atoms with Gasteiger partial charge in [0.1, 0.15) is 11.5 Å². The van der Waals surface area contributed by atoms with Gasteiger partial charge < -0.3 is 20.4 Å². The van der Waals surface area contributed by atoms with Crippen LogP contribution in [0.3, 0.4) is 0 Å². The van der Waals surface area contributed by atoms with E-state index in [2.05, 4.69) is 5.32 Å². The summed E-state index contributed by atoms with van der Waals surface area (Å²) in [5, 5.41) is 23.7. The van der Waals surface area contributed by atoms with E-state index in [4.69, 9.17) is 0 Å². The normalized spacial score (nSPS) is 12.6. The van der Waals surface area contributed by atoms with Gasteiger partial charge in [-0.15, -0.1) is 0 Å². The van der Waals surface area contributed by atoms with Crippen LogP contribution in [0.4, 0.5) is 32.0 Å². The first-order valence-corrected chi connectivity index (χ1v) is 12.5. The van der Waals surface area contributed by atoms with Crippen LogP contribution in [0.1, 0.15) is 33.5 Å². The first kappa shape index (κ1) is 30.2. The number of alkyl halides is 6. The molecular formula is C30H24F6N2O4. The summed E-state index contributed by atoms with van der Waals surface area (Å²) in [4.78, 5) is 27.3. The number of hydrogen-bond acceptors (Lipinski definition) is 4. The zero-order chi connectivity index (χ0) is 30.8. The molecule has 0 aliphatic heterocycles. The molecule has 220 valence electrons. The number of likely N-dealkylation sites (N-methyl/N-ethyl adjacent to an activating group) is 1. The van der Waals surface area contributed by atoms with Crippen LogP contribution in [0.15, 0.2) is 78.9 Å². The van der Waals surface area contributed by atoms with Crippen LogP contribution in [0.2, 0.25) is 0 Å². The van der Waals surface area contributed by atoms with Crippen LogP contribution in [0, 0.1) is 0 Å². The fourth-order valence-corrected chi connectivity index (χ4v) is 4.47. The van der Waals surface area contributed by atoms with Crippen molar-refractivity contribution >= 4 is 28.3 Å². The van der Waals surface area contributed by atoms with Gasteiger partial charge in [0, 0.05) is 31.1 Å². The first-order valence-electron chi connectivity index (χ1n) is 12.5. The van der Waals surface area contributed by atoms with Crippen LogP contribution in [0.5, 0.6) is 11.5 Å². The average Bonchev–Trinajstić information content (AvgIpc) is 2.92. The summed E-state index contributed by atoms with van der Waals surface area (Å²) < 4.78 is 80.6. The molecule has 4 aromatic rings. The highest BCUT2D eigenvalue weighted by Crippen LogP contribution is 2.37. The summed E-state index contributed by atoms with van der Waals surface area (Å²) >= 11 is 0. The van der Waals surface area contributed by atoms with Crippen molar-refractivity contribution in [1.29, 1.82) is 0 Å². The number of aromatic hydroxyl groups is 2. The highest BCUT2D eigenvalue weighted by atomic mass is 19.4. The molecule has 0 fully saturated rings. The van der Waals surface area contributed by atoms with Crippen LogP contribution in [0.25, 0.3) is 10.8 Å². The maximum atomic E-state index is 13.4. The topological polar surface area (TPSA) is 89.9 Å². The lowest BCUT2D eigenvalue weighted by Gasteiger charge is -2.29. The molecule has 3 N–H and O–H groups in total. The highest BCUT2D eigenvalue weighted by Gasteiger charge is 2.38. The minimum atomic E-state index is -5.15. The number of anilines is 1. The van der Waals surface area contributed by atoms with Crippen LogP contribution in [-0.4, -0.2) is 40.0 Å². The Kier molecular flexibility index (Phi) is 8.37. The Balaban J connectivity index is 1.68. The predicted octanol–water partition coefficient (Wildman–Crippen LogP) is 7.00. The molecule has 2 amide bonds. The number of benzene rings is 4. The molecule has 12 heteroatoms. The number of amides is 2. The standard InChI is InChI=1S/C30H24F6N2O4/c1-38(28(42)20-12-21(29(31,32)33)14-22(13-20)30(34,35)36)23(11-17-6-7-18-4-2-3-5-19(18)10-17)15-27(41)37-25-9-8-24(39)16-26(25)40/h2-10,12-14,16,23,39-40H,11,15H2,1H3,(H,37,41). The minimum absolute atomic E-state index is 0.0210. The summed E-state index contributed by atoms with van der Waals surface area (Å²) in [6, 6.07) is 15.7. The molecule has 0 heterocycles. The summed E-state index contributed by atoms with van der Waals surface area (Å²) in [5.74, 6) is -2.56. The molecule has 0 saturated carbocycles. The second-order valence-electron chi connectivity index (χ2n) is 9.70. The SMILES string of the molecule is CN(C(=O)c1cc(C(F)(F)F)cc(C(F)(F)F)c1)C(CC(=O)Nc1ccc(O)cc1O)Cc1ccc2ccccc2c1. The van der Waals surface area contributed by atoms with E-state index < -0.39 is 59.1 Å². The van der Waals surface area contributed by atoms with Gasteiger partial charge in [-0.1, -0.05) is 42.5 Å². The third-order valence-corrected chi connectivity index (χ3v) is 6.66. The number of fused-ring (bicyclic) bond motifs is 1. The Labute approximate surface area is 235 Å². The number of nitrogens with zero attached hydrogens (tertiary/aromatic N) is 1. The quantitative estimate of drug-likeness (QED) is 0.123. The predicted molar refractivity (Wildman–Crippen MR) is 143 cm³/mol. The average molecular weight is 591 g/mol. The summed E-state index contributed by atoms with van der Waals surface area (Å²) in [6.07, 6.45) is -10.7. The van der Waals surface area contributed by atoms with Crippen LogP contribution >= 0.6 is 0 Å². The van der Waals surface area contributed by atoms with Gasteiger partial charge in [-0.25, -0.2) is 0 Å². The van der Waals surface area contributed by atoms with Crippen molar-refractivity contribution in [2.75, 3.05) is 12.4 Å². The van der Waals surface area contributed by atoms with Gasteiger partial charge in [-0.2, -0.15) is 26.3 Å². The smallest absolute Gasteiger partial charge is 0.416 e. The van der Waals surface area contributed by atoms with Gasteiger partial charge in [0.05, 0.1) is 16.8 Å². The third kappa shape index (κ3) is 7.12. The second-order valence-corrected chi connectivity index (χ2v) is 9.70. The third-order valence-electron chi connectivity index (χ3n) is 6.66. The van der Waals surface area contributed by atoms with Crippen molar-refractivity contribution in [3.05, 3.63) is 101 Å². The molecular weight excluding hydrogens is 566 g/mol. The van der Waals surface area contributed by atoms with Gasteiger partial charge in [0.25, 0.3) is 5.91 Å². The monoisotopic (exact) mass is 590 g/mol. The number of phenolic OH excluding ortho intramolecular Hbond substituents is 2. The molecule has 0 bridgehead atoms. The maximum absolute atomic E-state index is 13.4. The Morgan fingerprint density at radius 2 is 1.43 bits per heavy atom. The van der Waals surface area contributed by atoms with Crippen molar-refractivity contribution in [3.8, 4) is 11.5 Å². The van der Waals surface area contributed by atoms with Crippen molar-refractivity contribution < 1.29 is 46.1 Å². The summed E-state index contributed by atoms with van der Waals surface area (Å²) in [6.45, 7) is 0. The van der Waals surface area contributed by atoms with E-state index in [9.17, 15) is 46.1 Å². The van der Waals surface area contributed by atoms with Gasteiger partial charge in [0.15, 0.2) is 0 Å². The lowest BCUT2D eigenvalue weighted by Crippen LogP contribution is -2.41. The van der Waals surface area contributed by atoms with Gasteiger partial charge in [0.2, 0.25) is 5.91 Å². The van der Waals surface area contributed by atoms with E-state index >= 15 is 0 Å². The van der Waals surface area contributed by atoms with Gasteiger partial charge in [-0.3, -0.25) is 9.59 Å². The molecule has 0 radical (unpaired) electrons. The van der Waals surface area contributed by atoms with E-state index in [1.54, 1.807) is 18.2 Å². The zero-order valence-electron chi connectivity index (χ0n) is 21.9. The summed E-state index contributed by atoms with van der Waals surface area (Å²) in [5.41, 5.74) is -3.52. The molecule has 0 aliphatic rings. The second kappa shape index (κ2) is 11.6. The van der Waals surface area contributed by atoms with Crippen molar-refractivity contribution in [2.45, 2.75) is 31.2 Å². The Morgan fingerprint density at radius 1 is 0.810 bits per heavy atom. The van der Waals surface area contributed by atoms with Crippen LogP contribution in [-0.2, 0) is 23.6 Å². The zero-order valence-corrected chi connectivity index (χ0v) is 21.9. The van der Waals surface area contributed by atoms with Gasteiger partial charge in [-0.05, 0) is 53.1 Å². The fourth-order valence-electron chi connectivity index (χ4n) is 4.47. The molecule has 4 rings (SSSR count). The molecule has 0 aliphatic carbocycles. The number of rotatable bonds is 7. The lowest BCUT2D eigenvalue weighted by molar-refractivity contribution is -0.143. The molecule has 6 nitrogen and oxygen atoms in total. The highest BCUT2D eigenvalue weighted by molar-refractivity contribution is 5.96. The molecule has 0 spiro atoms. The molecule has 42 heavy (non-hydrogen) atoms. The van der Waals surface area contributed by atoms with Crippen molar-refractivity contribution in [3.63, 3.8) is 0 Å². The number of hydrogen-bond donors (Lipinski definition) is 3. The number of carbonyl (C=O) groups excluding carboxylic acids is 2.